The second-order valence-electron chi connectivity index (χ2n) is 9.38. The van der Waals surface area contributed by atoms with Crippen LogP contribution in [0, 0.1) is 0 Å². The van der Waals surface area contributed by atoms with Crippen LogP contribution in [0.4, 0.5) is 0 Å². The molecule has 0 unspecified atom stereocenters. The van der Waals surface area contributed by atoms with E-state index in [2.05, 4.69) is 75.6 Å². The third kappa shape index (κ3) is 6.81. The smallest absolute Gasteiger partial charge is 0.271 e. The van der Waals surface area contributed by atoms with Crippen molar-refractivity contribution in [2.75, 3.05) is 6.61 Å². The minimum Gasteiger partial charge on any atom is -0.493 e. The third-order valence-corrected chi connectivity index (χ3v) is 6.30. The SMILES string of the molecule is CCC(C)(C)c1ccc(OCCCC(=O)NNC(=O)c2cccnc2)c(C(C)(C)CC)c1. The second-order valence-corrected chi connectivity index (χ2v) is 9.38. The number of aromatic nitrogens is 1. The number of carbonyl (C=O) groups is 2. The summed E-state index contributed by atoms with van der Waals surface area (Å²) in [5.74, 6) is 0.210. The second kappa shape index (κ2) is 11.1. The van der Waals surface area contributed by atoms with Gasteiger partial charge in [0.15, 0.2) is 0 Å². The molecule has 0 aliphatic heterocycles. The maximum atomic E-state index is 12.1. The van der Waals surface area contributed by atoms with Gasteiger partial charge in [-0.3, -0.25) is 25.4 Å². The molecule has 0 aliphatic rings. The van der Waals surface area contributed by atoms with E-state index < -0.39 is 5.91 Å². The molecule has 0 aliphatic carbocycles. The molecule has 174 valence electrons. The van der Waals surface area contributed by atoms with Crippen molar-refractivity contribution in [1.82, 2.24) is 15.8 Å². The molecule has 2 N–H and O–H groups in total. The molecule has 0 fully saturated rings. The Hall–Kier alpha value is -2.89. The summed E-state index contributed by atoms with van der Waals surface area (Å²) in [6.07, 6.45) is 5.88. The number of ether oxygens (including phenoxy) is 1. The van der Waals surface area contributed by atoms with Crippen molar-refractivity contribution in [3.05, 3.63) is 59.4 Å². The van der Waals surface area contributed by atoms with E-state index in [-0.39, 0.29) is 23.2 Å². The normalized spacial score (nSPS) is 11.7. The largest absolute Gasteiger partial charge is 0.493 e. The van der Waals surface area contributed by atoms with Gasteiger partial charge in [-0.25, -0.2) is 0 Å². The molecule has 0 saturated carbocycles. The molecule has 0 radical (unpaired) electrons. The van der Waals surface area contributed by atoms with Crippen molar-refractivity contribution < 1.29 is 14.3 Å². The first-order valence-electron chi connectivity index (χ1n) is 11.4. The van der Waals surface area contributed by atoms with Gasteiger partial charge in [0.25, 0.3) is 5.91 Å². The van der Waals surface area contributed by atoms with Gasteiger partial charge >= 0.3 is 0 Å². The fourth-order valence-corrected chi connectivity index (χ4v) is 3.17. The van der Waals surface area contributed by atoms with E-state index in [1.807, 2.05) is 0 Å². The van der Waals surface area contributed by atoms with Crippen LogP contribution in [0.5, 0.6) is 5.75 Å². The highest BCUT2D eigenvalue weighted by Gasteiger charge is 2.26. The van der Waals surface area contributed by atoms with Crippen molar-refractivity contribution in [2.24, 2.45) is 0 Å². The molecule has 1 heterocycles. The van der Waals surface area contributed by atoms with Crippen LogP contribution in [0.1, 0.15) is 88.7 Å². The Morgan fingerprint density at radius 1 is 1.00 bits per heavy atom. The zero-order valence-electron chi connectivity index (χ0n) is 20.2. The Kier molecular flexibility index (Phi) is 8.81. The maximum absolute atomic E-state index is 12.1. The van der Waals surface area contributed by atoms with Gasteiger partial charge in [0.2, 0.25) is 5.91 Å². The molecule has 32 heavy (non-hydrogen) atoms. The zero-order chi connectivity index (χ0) is 23.8. The summed E-state index contributed by atoms with van der Waals surface area (Å²) in [4.78, 5) is 27.9. The number of benzene rings is 1. The van der Waals surface area contributed by atoms with Gasteiger partial charge in [-0.05, 0) is 53.9 Å². The van der Waals surface area contributed by atoms with Crippen molar-refractivity contribution in [1.29, 1.82) is 0 Å². The average Bonchev–Trinajstić information content (AvgIpc) is 2.80. The van der Waals surface area contributed by atoms with Gasteiger partial charge in [0.05, 0.1) is 12.2 Å². The first kappa shape index (κ1) is 25.4. The van der Waals surface area contributed by atoms with Crippen LogP contribution in [0.3, 0.4) is 0 Å². The fourth-order valence-electron chi connectivity index (χ4n) is 3.17. The Morgan fingerprint density at radius 2 is 1.72 bits per heavy atom. The fraction of sp³-hybridized carbons (Fsp3) is 0.500. The number of hydrogen-bond donors (Lipinski definition) is 2. The molecule has 0 spiro atoms. The van der Waals surface area contributed by atoms with Crippen molar-refractivity contribution in [2.45, 2.75) is 78.1 Å². The summed E-state index contributed by atoms with van der Waals surface area (Å²) in [5, 5.41) is 0. The topological polar surface area (TPSA) is 80.3 Å². The first-order valence-corrected chi connectivity index (χ1v) is 11.4. The van der Waals surface area contributed by atoms with Gasteiger partial charge in [-0.2, -0.15) is 0 Å². The molecule has 6 nitrogen and oxygen atoms in total. The van der Waals surface area contributed by atoms with Crippen LogP contribution in [0.15, 0.2) is 42.7 Å². The Labute approximate surface area is 192 Å². The lowest BCUT2D eigenvalue weighted by Gasteiger charge is -2.30. The number of hydrazine groups is 1. The third-order valence-electron chi connectivity index (χ3n) is 6.30. The number of nitrogens with one attached hydrogen (secondary N) is 2. The van der Waals surface area contributed by atoms with Crippen LogP contribution >= 0.6 is 0 Å². The molecule has 1 aromatic heterocycles. The molecular weight excluding hydrogens is 402 g/mol. The lowest BCUT2D eigenvalue weighted by atomic mass is 9.76. The lowest BCUT2D eigenvalue weighted by molar-refractivity contribution is -0.122. The molecule has 2 amide bonds. The van der Waals surface area contributed by atoms with Crippen molar-refractivity contribution >= 4 is 11.8 Å². The molecule has 1 aromatic carbocycles. The van der Waals surface area contributed by atoms with Crippen molar-refractivity contribution in [3.63, 3.8) is 0 Å². The quantitative estimate of drug-likeness (QED) is 0.400. The molecule has 0 saturated heterocycles. The number of nitrogens with zero attached hydrogens (tertiary/aromatic N) is 1. The van der Waals surface area contributed by atoms with Gasteiger partial charge in [0, 0.05) is 24.4 Å². The van der Waals surface area contributed by atoms with Gasteiger partial charge in [-0.1, -0.05) is 53.7 Å². The van der Waals surface area contributed by atoms with Gasteiger partial charge in [0.1, 0.15) is 5.75 Å². The van der Waals surface area contributed by atoms with E-state index in [1.165, 1.54) is 17.3 Å². The van der Waals surface area contributed by atoms with Crippen LogP contribution in [-0.4, -0.2) is 23.4 Å². The first-order chi connectivity index (χ1) is 15.1. The summed E-state index contributed by atoms with van der Waals surface area (Å²) >= 11 is 0. The Bertz CT molecular complexity index is 908. The summed E-state index contributed by atoms with van der Waals surface area (Å²) in [5.41, 5.74) is 7.83. The summed E-state index contributed by atoms with van der Waals surface area (Å²) in [7, 11) is 0. The summed E-state index contributed by atoms with van der Waals surface area (Å²) in [6.45, 7) is 13.8. The molecular formula is C26H37N3O3. The Morgan fingerprint density at radius 3 is 2.34 bits per heavy atom. The van der Waals surface area contributed by atoms with Gasteiger partial charge in [-0.15, -0.1) is 0 Å². The van der Waals surface area contributed by atoms with Crippen LogP contribution in [0.2, 0.25) is 0 Å². The van der Waals surface area contributed by atoms with E-state index in [1.54, 1.807) is 18.3 Å². The lowest BCUT2D eigenvalue weighted by Crippen LogP contribution is -2.41. The van der Waals surface area contributed by atoms with Crippen LogP contribution in [-0.2, 0) is 15.6 Å². The highest BCUT2D eigenvalue weighted by atomic mass is 16.5. The van der Waals surface area contributed by atoms with E-state index in [4.69, 9.17) is 4.74 Å². The Balaban J connectivity index is 1.91. The molecule has 6 heteroatoms. The maximum Gasteiger partial charge on any atom is 0.271 e. The van der Waals surface area contributed by atoms with E-state index in [0.29, 0.717) is 18.6 Å². The number of hydrogen-bond acceptors (Lipinski definition) is 4. The highest BCUT2D eigenvalue weighted by Crippen LogP contribution is 2.38. The highest BCUT2D eigenvalue weighted by molar-refractivity contribution is 5.94. The number of carbonyl (C=O) groups excluding carboxylic acids is 2. The van der Waals surface area contributed by atoms with Crippen LogP contribution in [0.25, 0.3) is 0 Å². The molecule has 0 atom stereocenters. The van der Waals surface area contributed by atoms with E-state index in [0.717, 1.165) is 18.6 Å². The van der Waals surface area contributed by atoms with E-state index in [9.17, 15) is 9.59 Å². The number of pyridine rings is 1. The zero-order valence-corrected chi connectivity index (χ0v) is 20.2. The molecule has 2 rings (SSSR count). The van der Waals surface area contributed by atoms with Crippen LogP contribution < -0.4 is 15.6 Å². The van der Waals surface area contributed by atoms with Crippen molar-refractivity contribution in [3.8, 4) is 5.75 Å². The van der Waals surface area contributed by atoms with Gasteiger partial charge < -0.3 is 4.74 Å². The summed E-state index contributed by atoms with van der Waals surface area (Å²) in [6, 6.07) is 9.79. The summed E-state index contributed by atoms with van der Waals surface area (Å²) < 4.78 is 6.10. The molecule has 0 bridgehead atoms. The minimum atomic E-state index is -0.399. The predicted octanol–water partition coefficient (Wildman–Crippen LogP) is 5.08. The standard InChI is InChI=1S/C26H37N3O3/c1-7-25(3,4)20-13-14-22(21(17-20)26(5,6)8-2)32-16-10-12-23(30)28-29-24(31)19-11-9-15-27-18-19/h9,11,13-15,17-18H,7-8,10,12,16H2,1-6H3,(H,28,30)(H,29,31). The number of amides is 2. The van der Waals surface area contributed by atoms with E-state index >= 15 is 0 Å². The minimum absolute atomic E-state index is 0.0108. The monoisotopic (exact) mass is 439 g/mol. The number of rotatable bonds is 10. The predicted molar refractivity (Wildman–Crippen MR) is 128 cm³/mol. The average molecular weight is 440 g/mol. The molecule has 2 aromatic rings.